The second kappa shape index (κ2) is 4.87. The summed E-state index contributed by atoms with van der Waals surface area (Å²) < 4.78 is 1.77. The minimum Gasteiger partial charge on any atom is -0.338 e. The minimum absolute atomic E-state index is 0.0710. The van der Waals surface area contributed by atoms with Gasteiger partial charge >= 0.3 is 0 Å². The fourth-order valence-electron chi connectivity index (χ4n) is 2.52. The molecule has 1 aliphatic heterocycles. The molecule has 1 aliphatic rings. The maximum absolute atomic E-state index is 12.3. The summed E-state index contributed by atoms with van der Waals surface area (Å²) in [5.41, 5.74) is 1.78. The number of aryl methyl sites for hydroxylation is 1. The Morgan fingerprint density at radius 3 is 3.16 bits per heavy atom. The Hall–Kier alpha value is -2.11. The van der Waals surface area contributed by atoms with Crippen molar-refractivity contribution in [1.29, 1.82) is 0 Å². The van der Waals surface area contributed by atoms with Crippen LogP contribution in [0.2, 0.25) is 0 Å². The van der Waals surface area contributed by atoms with Crippen LogP contribution >= 0.6 is 0 Å². The summed E-state index contributed by atoms with van der Waals surface area (Å²) >= 11 is 0. The van der Waals surface area contributed by atoms with E-state index in [1.54, 1.807) is 17.1 Å². The Balaban J connectivity index is 1.69. The predicted octanol–water partition coefficient (Wildman–Crippen LogP) is 1.26. The lowest BCUT2D eigenvalue weighted by Crippen LogP contribution is -2.28. The first-order valence-electron chi connectivity index (χ1n) is 6.59. The molecule has 2 aromatic heterocycles. The summed E-state index contributed by atoms with van der Waals surface area (Å²) in [4.78, 5) is 14.2. The number of nitrogens with zero attached hydrogens (tertiary/aromatic N) is 4. The fourth-order valence-corrected chi connectivity index (χ4v) is 2.52. The molecule has 1 atom stereocenters. The molecule has 6 heteroatoms. The van der Waals surface area contributed by atoms with Gasteiger partial charge in [-0.05, 0) is 19.4 Å². The molecule has 1 N–H and O–H groups in total. The summed E-state index contributed by atoms with van der Waals surface area (Å²) in [5.74, 6) is 0.439. The lowest BCUT2D eigenvalue weighted by molar-refractivity contribution is 0.0790. The van der Waals surface area contributed by atoms with Gasteiger partial charge in [-0.15, -0.1) is 0 Å². The summed E-state index contributed by atoms with van der Waals surface area (Å²) in [7, 11) is 0. The zero-order valence-corrected chi connectivity index (χ0v) is 10.9. The van der Waals surface area contributed by atoms with Crippen molar-refractivity contribution >= 4 is 5.91 Å². The number of aromatic nitrogens is 4. The van der Waals surface area contributed by atoms with E-state index in [4.69, 9.17) is 0 Å². The summed E-state index contributed by atoms with van der Waals surface area (Å²) in [5, 5.41) is 11.1. The molecule has 19 heavy (non-hydrogen) atoms. The van der Waals surface area contributed by atoms with Gasteiger partial charge in [0.25, 0.3) is 5.91 Å². The van der Waals surface area contributed by atoms with Gasteiger partial charge < -0.3 is 4.90 Å². The molecule has 6 nitrogen and oxygen atoms in total. The third-order valence-corrected chi connectivity index (χ3v) is 3.64. The molecule has 2 aromatic rings. The molecular formula is C13H17N5O. The Labute approximate surface area is 111 Å². The Morgan fingerprint density at radius 2 is 2.47 bits per heavy atom. The zero-order valence-electron chi connectivity index (χ0n) is 10.9. The second-order valence-electron chi connectivity index (χ2n) is 4.83. The number of H-pyrrole nitrogens is 1. The van der Waals surface area contributed by atoms with Crippen molar-refractivity contribution < 1.29 is 4.79 Å². The molecule has 0 spiro atoms. The van der Waals surface area contributed by atoms with Crippen molar-refractivity contribution in [3.05, 3.63) is 35.9 Å². The van der Waals surface area contributed by atoms with Crippen molar-refractivity contribution in [2.75, 3.05) is 13.1 Å². The lowest BCUT2D eigenvalue weighted by Gasteiger charge is -2.14. The zero-order chi connectivity index (χ0) is 13.2. The normalized spacial score (nSPS) is 19.0. The number of carbonyl (C=O) groups is 1. The number of carbonyl (C=O) groups excluding carboxylic acids is 1. The maximum atomic E-state index is 12.3. The summed E-state index contributed by atoms with van der Waals surface area (Å²) in [6.07, 6.45) is 6.20. The lowest BCUT2D eigenvalue weighted by atomic mass is 10.1. The molecule has 1 saturated heterocycles. The third kappa shape index (κ3) is 2.25. The number of hydrogen-bond donors (Lipinski definition) is 1. The van der Waals surface area contributed by atoms with Crippen LogP contribution < -0.4 is 0 Å². The second-order valence-corrected chi connectivity index (χ2v) is 4.83. The summed E-state index contributed by atoms with van der Waals surface area (Å²) in [6, 6.07) is 1.98. The van der Waals surface area contributed by atoms with Gasteiger partial charge in [-0.3, -0.25) is 14.6 Å². The number of hydrogen-bond acceptors (Lipinski definition) is 3. The number of nitrogens with one attached hydrogen (secondary N) is 1. The molecule has 0 aromatic carbocycles. The number of amides is 1. The SMILES string of the molecule is CCn1cc(C(=O)N2CC[C@H](c3ccn[nH]3)C2)cn1. The molecule has 3 heterocycles. The van der Waals surface area contributed by atoms with E-state index in [1.807, 2.05) is 24.1 Å². The van der Waals surface area contributed by atoms with Gasteiger partial charge in [0.05, 0.1) is 11.8 Å². The van der Waals surface area contributed by atoms with Gasteiger partial charge in [0.15, 0.2) is 0 Å². The van der Waals surface area contributed by atoms with E-state index in [0.29, 0.717) is 11.5 Å². The molecule has 1 fully saturated rings. The summed E-state index contributed by atoms with van der Waals surface area (Å²) in [6.45, 7) is 4.33. The van der Waals surface area contributed by atoms with E-state index in [2.05, 4.69) is 15.3 Å². The fraction of sp³-hybridized carbons (Fsp3) is 0.462. The number of likely N-dealkylation sites (tertiary alicyclic amines) is 1. The van der Waals surface area contributed by atoms with Crippen molar-refractivity contribution in [1.82, 2.24) is 24.9 Å². The average molecular weight is 259 g/mol. The molecule has 3 rings (SSSR count). The van der Waals surface area contributed by atoms with Crippen LogP contribution in [0.4, 0.5) is 0 Å². The number of rotatable bonds is 3. The van der Waals surface area contributed by atoms with Crippen molar-refractivity contribution in [3.63, 3.8) is 0 Å². The van der Waals surface area contributed by atoms with E-state index in [-0.39, 0.29) is 5.91 Å². The monoisotopic (exact) mass is 259 g/mol. The van der Waals surface area contributed by atoms with Crippen LogP contribution in [-0.4, -0.2) is 43.9 Å². The molecule has 0 radical (unpaired) electrons. The third-order valence-electron chi connectivity index (χ3n) is 3.64. The highest BCUT2D eigenvalue weighted by Crippen LogP contribution is 2.26. The minimum atomic E-state index is 0.0710. The van der Waals surface area contributed by atoms with Crippen LogP contribution in [0.25, 0.3) is 0 Å². The highest BCUT2D eigenvalue weighted by atomic mass is 16.2. The van der Waals surface area contributed by atoms with E-state index in [1.165, 1.54) is 0 Å². The molecule has 1 amide bonds. The molecule has 0 bridgehead atoms. The van der Waals surface area contributed by atoms with Crippen LogP contribution in [0.3, 0.4) is 0 Å². The predicted molar refractivity (Wildman–Crippen MR) is 69.8 cm³/mol. The van der Waals surface area contributed by atoms with Crippen LogP contribution in [0.1, 0.15) is 35.3 Å². The van der Waals surface area contributed by atoms with E-state index >= 15 is 0 Å². The van der Waals surface area contributed by atoms with Crippen molar-refractivity contribution in [3.8, 4) is 0 Å². The molecule has 0 aliphatic carbocycles. The first kappa shape index (κ1) is 12.0. The van der Waals surface area contributed by atoms with Gasteiger partial charge in [-0.2, -0.15) is 10.2 Å². The first-order valence-corrected chi connectivity index (χ1v) is 6.59. The largest absolute Gasteiger partial charge is 0.338 e. The molecule has 0 saturated carbocycles. The highest BCUT2D eigenvalue weighted by molar-refractivity contribution is 5.94. The molecular weight excluding hydrogens is 242 g/mol. The van der Waals surface area contributed by atoms with Crippen LogP contribution in [0, 0.1) is 0 Å². The molecule has 0 unspecified atom stereocenters. The van der Waals surface area contributed by atoms with Crippen LogP contribution in [-0.2, 0) is 6.54 Å². The Bertz CT molecular complexity index is 559. The maximum Gasteiger partial charge on any atom is 0.257 e. The van der Waals surface area contributed by atoms with Gasteiger partial charge in [0.2, 0.25) is 0 Å². The van der Waals surface area contributed by atoms with E-state index < -0.39 is 0 Å². The highest BCUT2D eigenvalue weighted by Gasteiger charge is 2.29. The van der Waals surface area contributed by atoms with Crippen molar-refractivity contribution in [2.45, 2.75) is 25.8 Å². The van der Waals surface area contributed by atoms with E-state index in [0.717, 1.165) is 31.7 Å². The van der Waals surface area contributed by atoms with Crippen LogP contribution in [0.15, 0.2) is 24.7 Å². The van der Waals surface area contributed by atoms with Crippen LogP contribution in [0.5, 0.6) is 0 Å². The number of aromatic amines is 1. The first-order chi connectivity index (χ1) is 9.28. The standard InChI is InChI=1S/C13H17N5O/c1-2-18-9-11(7-15-18)13(19)17-6-4-10(8-17)12-3-5-14-16-12/h3,5,7,9-10H,2,4,6,8H2,1H3,(H,14,16)/t10-/m0/s1. The average Bonchev–Trinajstić information content (AvgIpc) is 3.16. The molecule has 100 valence electrons. The Kier molecular flexibility index (Phi) is 3.06. The van der Waals surface area contributed by atoms with E-state index in [9.17, 15) is 4.79 Å². The van der Waals surface area contributed by atoms with Gasteiger partial charge in [0.1, 0.15) is 0 Å². The van der Waals surface area contributed by atoms with Crippen molar-refractivity contribution in [2.24, 2.45) is 0 Å². The van der Waals surface area contributed by atoms with Gasteiger partial charge in [-0.1, -0.05) is 0 Å². The van der Waals surface area contributed by atoms with Gasteiger partial charge in [0, 0.05) is 43.6 Å². The van der Waals surface area contributed by atoms with Gasteiger partial charge in [-0.25, -0.2) is 0 Å². The quantitative estimate of drug-likeness (QED) is 0.902. The Morgan fingerprint density at radius 1 is 1.58 bits per heavy atom. The smallest absolute Gasteiger partial charge is 0.257 e. The topological polar surface area (TPSA) is 66.8 Å².